The lowest BCUT2D eigenvalue weighted by atomic mass is 10.1. The van der Waals surface area contributed by atoms with Gasteiger partial charge in [-0.25, -0.2) is 0 Å². The van der Waals surface area contributed by atoms with Crippen molar-refractivity contribution < 1.29 is 14.3 Å². The second kappa shape index (κ2) is 12.7. The van der Waals surface area contributed by atoms with Gasteiger partial charge in [0, 0.05) is 23.4 Å². The summed E-state index contributed by atoms with van der Waals surface area (Å²) in [6.07, 6.45) is 0.874. The van der Waals surface area contributed by atoms with Crippen molar-refractivity contribution in [3.63, 3.8) is 0 Å². The van der Waals surface area contributed by atoms with Crippen molar-refractivity contribution in [2.45, 2.75) is 34.1 Å². The number of hydrogen-bond acceptors (Lipinski definition) is 4. The number of rotatable bonds is 11. The number of carbonyl (C=O) groups excluding carboxylic acids is 2. The Balaban J connectivity index is 1.79. The van der Waals surface area contributed by atoms with Crippen LogP contribution in [0.4, 0.5) is 11.4 Å². The number of benzene rings is 3. The number of nitrogens with zero attached hydrogens (tertiary/aromatic N) is 1. The largest absolute Gasteiger partial charge is 0.491 e. The standard InChI is InChI=1S/C29H35N3O3/c1-5-32(6-2)18-11-19-35-27-17-16-23(30-28(33)24-14-9-7-12-21(24)3)20-26(27)31-29(34)25-15-10-8-13-22(25)4/h7-10,12-17,20H,5-6,11,18-19H2,1-4H3,(H,30,33)(H,31,34). The lowest BCUT2D eigenvalue weighted by molar-refractivity contribution is 0.101. The lowest BCUT2D eigenvalue weighted by Gasteiger charge is -2.19. The highest BCUT2D eigenvalue weighted by Gasteiger charge is 2.15. The molecule has 0 aliphatic rings. The average Bonchev–Trinajstić information content (AvgIpc) is 2.85. The van der Waals surface area contributed by atoms with Gasteiger partial charge in [0.2, 0.25) is 0 Å². The van der Waals surface area contributed by atoms with Crippen LogP contribution in [0.2, 0.25) is 0 Å². The van der Waals surface area contributed by atoms with Crippen LogP contribution in [0.15, 0.2) is 66.7 Å². The van der Waals surface area contributed by atoms with Gasteiger partial charge < -0.3 is 20.3 Å². The summed E-state index contributed by atoms with van der Waals surface area (Å²) in [5, 5.41) is 5.91. The predicted molar refractivity (Wildman–Crippen MR) is 143 cm³/mol. The third kappa shape index (κ3) is 7.17. The van der Waals surface area contributed by atoms with Gasteiger partial charge in [-0.2, -0.15) is 0 Å². The van der Waals surface area contributed by atoms with Crippen LogP contribution in [0, 0.1) is 13.8 Å². The van der Waals surface area contributed by atoms with Gasteiger partial charge in [0.25, 0.3) is 11.8 Å². The first-order valence-electron chi connectivity index (χ1n) is 12.2. The summed E-state index contributed by atoms with van der Waals surface area (Å²) in [4.78, 5) is 28.2. The Morgan fingerprint density at radius 3 is 1.94 bits per heavy atom. The van der Waals surface area contributed by atoms with Crippen molar-refractivity contribution >= 4 is 23.2 Å². The minimum absolute atomic E-state index is 0.202. The van der Waals surface area contributed by atoms with Gasteiger partial charge >= 0.3 is 0 Å². The van der Waals surface area contributed by atoms with E-state index in [0.29, 0.717) is 34.9 Å². The summed E-state index contributed by atoms with van der Waals surface area (Å²) in [7, 11) is 0. The molecule has 0 aliphatic carbocycles. The Labute approximate surface area is 208 Å². The summed E-state index contributed by atoms with van der Waals surface area (Å²) in [5.74, 6) is 0.144. The molecule has 0 heterocycles. The van der Waals surface area contributed by atoms with Crippen LogP contribution in [0.1, 0.15) is 52.1 Å². The molecule has 3 aromatic rings. The molecule has 2 amide bonds. The molecule has 35 heavy (non-hydrogen) atoms. The zero-order valence-electron chi connectivity index (χ0n) is 21.1. The monoisotopic (exact) mass is 473 g/mol. The Bertz CT molecular complexity index is 1160. The van der Waals surface area contributed by atoms with Gasteiger partial charge in [-0.1, -0.05) is 50.2 Å². The second-order valence-corrected chi connectivity index (χ2v) is 8.48. The first-order chi connectivity index (χ1) is 16.9. The SMILES string of the molecule is CCN(CC)CCCOc1ccc(NC(=O)c2ccccc2C)cc1NC(=O)c1ccccc1C. The van der Waals surface area contributed by atoms with E-state index in [2.05, 4.69) is 29.4 Å². The van der Waals surface area contributed by atoms with Crippen molar-refractivity contribution in [3.8, 4) is 5.75 Å². The number of aryl methyl sites for hydroxylation is 2. The molecule has 0 saturated heterocycles. The summed E-state index contributed by atoms with van der Waals surface area (Å²) >= 11 is 0. The molecule has 3 aromatic carbocycles. The van der Waals surface area contributed by atoms with E-state index in [1.165, 1.54) is 0 Å². The molecule has 0 unspecified atom stereocenters. The lowest BCUT2D eigenvalue weighted by Crippen LogP contribution is -2.25. The molecular formula is C29H35N3O3. The zero-order chi connectivity index (χ0) is 25.2. The Hall–Kier alpha value is -3.64. The number of ether oxygens (including phenoxy) is 1. The van der Waals surface area contributed by atoms with Gasteiger partial charge in [0.15, 0.2) is 0 Å². The summed E-state index contributed by atoms with van der Waals surface area (Å²) in [6, 6.07) is 20.2. The van der Waals surface area contributed by atoms with Crippen LogP contribution in [0.5, 0.6) is 5.75 Å². The molecule has 0 radical (unpaired) electrons. The number of hydrogen-bond donors (Lipinski definition) is 2. The fourth-order valence-electron chi connectivity index (χ4n) is 3.88. The first-order valence-corrected chi connectivity index (χ1v) is 12.2. The maximum Gasteiger partial charge on any atom is 0.256 e. The zero-order valence-corrected chi connectivity index (χ0v) is 21.1. The minimum atomic E-state index is -0.224. The number of nitrogens with one attached hydrogen (secondary N) is 2. The Morgan fingerprint density at radius 2 is 1.37 bits per heavy atom. The van der Waals surface area contributed by atoms with E-state index >= 15 is 0 Å². The van der Waals surface area contributed by atoms with E-state index in [9.17, 15) is 9.59 Å². The van der Waals surface area contributed by atoms with Gasteiger partial charge in [-0.3, -0.25) is 9.59 Å². The van der Waals surface area contributed by atoms with Gasteiger partial charge in [-0.05, 0) is 74.8 Å². The smallest absolute Gasteiger partial charge is 0.256 e. The molecule has 0 fully saturated rings. The molecule has 6 heteroatoms. The molecule has 0 spiro atoms. The molecule has 0 atom stereocenters. The molecule has 0 saturated carbocycles. The van der Waals surface area contributed by atoms with Crippen molar-refractivity contribution in [3.05, 3.63) is 89.0 Å². The molecular weight excluding hydrogens is 438 g/mol. The topological polar surface area (TPSA) is 70.7 Å². The van der Waals surface area contributed by atoms with E-state index in [1.54, 1.807) is 30.3 Å². The van der Waals surface area contributed by atoms with Gasteiger partial charge in [0.1, 0.15) is 5.75 Å². The van der Waals surface area contributed by atoms with Crippen molar-refractivity contribution in [2.75, 3.05) is 36.9 Å². The maximum absolute atomic E-state index is 13.0. The Morgan fingerprint density at radius 1 is 0.800 bits per heavy atom. The van der Waals surface area contributed by atoms with E-state index in [0.717, 1.165) is 37.2 Å². The van der Waals surface area contributed by atoms with E-state index < -0.39 is 0 Å². The molecule has 2 N–H and O–H groups in total. The molecule has 0 aromatic heterocycles. The van der Waals surface area contributed by atoms with Crippen molar-refractivity contribution in [1.29, 1.82) is 0 Å². The summed E-state index contributed by atoms with van der Waals surface area (Å²) in [6.45, 7) is 11.6. The van der Waals surface area contributed by atoms with Gasteiger partial charge in [-0.15, -0.1) is 0 Å². The molecule has 184 valence electrons. The minimum Gasteiger partial charge on any atom is -0.491 e. The third-order valence-electron chi connectivity index (χ3n) is 6.04. The van der Waals surface area contributed by atoms with Crippen molar-refractivity contribution in [2.24, 2.45) is 0 Å². The van der Waals surface area contributed by atoms with Crippen LogP contribution in [0.3, 0.4) is 0 Å². The van der Waals surface area contributed by atoms with E-state index in [-0.39, 0.29) is 11.8 Å². The maximum atomic E-state index is 13.0. The van der Waals surface area contributed by atoms with Crippen molar-refractivity contribution in [1.82, 2.24) is 4.90 Å². The molecule has 0 bridgehead atoms. The van der Waals surface area contributed by atoms with Crippen LogP contribution < -0.4 is 15.4 Å². The first kappa shape index (κ1) is 26.0. The highest BCUT2D eigenvalue weighted by Crippen LogP contribution is 2.29. The quantitative estimate of drug-likeness (QED) is 0.339. The van der Waals surface area contributed by atoms with Gasteiger partial charge in [0.05, 0.1) is 12.3 Å². The van der Waals surface area contributed by atoms with Crippen LogP contribution in [-0.4, -0.2) is 43.0 Å². The third-order valence-corrected chi connectivity index (χ3v) is 6.04. The number of carbonyl (C=O) groups is 2. The summed E-state index contributed by atoms with van der Waals surface area (Å²) < 4.78 is 6.05. The summed E-state index contributed by atoms with van der Waals surface area (Å²) in [5.41, 5.74) is 4.07. The van der Waals surface area contributed by atoms with Crippen LogP contribution in [-0.2, 0) is 0 Å². The fraction of sp³-hybridized carbons (Fsp3) is 0.310. The number of anilines is 2. The number of amides is 2. The molecule has 3 rings (SSSR count). The fourth-order valence-corrected chi connectivity index (χ4v) is 3.88. The predicted octanol–water partition coefficient (Wildman–Crippen LogP) is 5.92. The highest BCUT2D eigenvalue weighted by molar-refractivity contribution is 6.08. The van der Waals surface area contributed by atoms with E-state index in [1.807, 2.05) is 50.2 Å². The van der Waals surface area contributed by atoms with E-state index in [4.69, 9.17) is 4.74 Å². The molecule has 0 aliphatic heterocycles. The van der Waals surface area contributed by atoms with Crippen LogP contribution in [0.25, 0.3) is 0 Å². The molecule has 6 nitrogen and oxygen atoms in total. The second-order valence-electron chi connectivity index (χ2n) is 8.48. The van der Waals surface area contributed by atoms with Crippen LogP contribution >= 0.6 is 0 Å². The average molecular weight is 474 g/mol. The highest BCUT2D eigenvalue weighted by atomic mass is 16.5. The normalized spacial score (nSPS) is 10.8. The Kier molecular flexibility index (Phi) is 9.44.